The van der Waals surface area contributed by atoms with Gasteiger partial charge in [0.25, 0.3) is 5.91 Å². The third kappa shape index (κ3) is 3.39. The second-order valence-corrected chi connectivity index (χ2v) is 5.83. The first kappa shape index (κ1) is 16.8. The molecule has 0 fully saturated rings. The monoisotopic (exact) mass is 371 g/mol. The van der Waals surface area contributed by atoms with E-state index in [9.17, 15) is 18.0 Å². The lowest BCUT2D eigenvalue weighted by Gasteiger charge is -2.04. The maximum atomic E-state index is 13.3. The average molecular weight is 371 g/mol. The SMILES string of the molecule is O=C(Nc1cnn(Cc2cn3ccccc3n2)c1)c1cc(F)c(F)c(F)c1. The molecule has 0 bridgehead atoms. The fourth-order valence-corrected chi connectivity index (χ4v) is 2.63. The van der Waals surface area contributed by atoms with Gasteiger partial charge in [0.2, 0.25) is 0 Å². The van der Waals surface area contributed by atoms with E-state index in [-0.39, 0.29) is 5.56 Å². The van der Waals surface area contributed by atoms with Crippen LogP contribution in [0.1, 0.15) is 16.1 Å². The highest BCUT2D eigenvalue weighted by Crippen LogP contribution is 2.16. The minimum absolute atomic E-state index is 0.328. The van der Waals surface area contributed by atoms with Crippen LogP contribution in [0.4, 0.5) is 18.9 Å². The molecule has 0 aliphatic heterocycles. The summed E-state index contributed by atoms with van der Waals surface area (Å²) in [6, 6.07) is 6.92. The van der Waals surface area contributed by atoms with Crippen LogP contribution in [0.15, 0.2) is 55.1 Å². The van der Waals surface area contributed by atoms with Gasteiger partial charge in [-0.2, -0.15) is 5.10 Å². The molecule has 1 amide bonds. The van der Waals surface area contributed by atoms with E-state index in [0.29, 0.717) is 24.4 Å². The van der Waals surface area contributed by atoms with Crippen LogP contribution >= 0.6 is 0 Å². The highest BCUT2D eigenvalue weighted by Gasteiger charge is 2.15. The van der Waals surface area contributed by atoms with Crippen molar-refractivity contribution in [3.8, 4) is 0 Å². The first-order chi connectivity index (χ1) is 13.0. The van der Waals surface area contributed by atoms with E-state index < -0.39 is 23.4 Å². The van der Waals surface area contributed by atoms with Crippen molar-refractivity contribution in [1.82, 2.24) is 19.2 Å². The van der Waals surface area contributed by atoms with Crippen LogP contribution in [0, 0.1) is 17.5 Å². The van der Waals surface area contributed by atoms with Crippen molar-refractivity contribution in [3.63, 3.8) is 0 Å². The molecule has 136 valence electrons. The predicted molar refractivity (Wildman–Crippen MR) is 90.8 cm³/mol. The number of fused-ring (bicyclic) bond motifs is 1. The topological polar surface area (TPSA) is 64.2 Å². The standard InChI is InChI=1S/C18H12F3N5O/c19-14-5-11(6-15(20)17(14)21)18(27)24-12-7-22-26(9-12)10-13-8-25-4-2-1-3-16(25)23-13/h1-9H,10H2,(H,24,27). The molecule has 0 aliphatic carbocycles. The number of hydrogen-bond donors (Lipinski definition) is 1. The molecule has 1 N–H and O–H groups in total. The summed E-state index contributed by atoms with van der Waals surface area (Å²) in [6.07, 6.45) is 6.68. The summed E-state index contributed by atoms with van der Waals surface area (Å²) in [7, 11) is 0. The first-order valence-electron chi connectivity index (χ1n) is 7.90. The second-order valence-electron chi connectivity index (χ2n) is 5.83. The van der Waals surface area contributed by atoms with Crippen molar-refractivity contribution < 1.29 is 18.0 Å². The number of benzene rings is 1. The third-order valence-corrected chi connectivity index (χ3v) is 3.87. The lowest BCUT2D eigenvalue weighted by molar-refractivity contribution is 0.102. The highest BCUT2D eigenvalue weighted by atomic mass is 19.2. The number of aromatic nitrogens is 4. The van der Waals surface area contributed by atoms with Crippen LogP contribution in [0.25, 0.3) is 5.65 Å². The van der Waals surface area contributed by atoms with Gasteiger partial charge in [-0.1, -0.05) is 6.07 Å². The number of imidazole rings is 1. The largest absolute Gasteiger partial charge is 0.319 e. The van der Waals surface area contributed by atoms with Crippen molar-refractivity contribution >= 4 is 17.2 Å². The van der Waals surface area contributed by atoms with Gasteiger partial charge >= 0.3 is 0 Å². The summed E-state index contributed by atoms with van der Waals surface area (Å²) >= 11 is 0. The molecule has 0 unspecified atom stereocenters. The van der Waals surface area contributed by atoms with Gasteiger partial charge in [-0.3, -0.25) is 9.48 Å². The average Bonchev–Trinajstić information content (AvgIpc) is 3.25. The fraction of sp³-hybridized carbons (Fsp3) is 0.0556. The van der Waals surface area contributed by atoms with E-state index >= 15 is 0 Å². The van der Waals surface area contributed by atoms with Gasteiger partial charge in [-0.25, -0.2) is 18.2 Å². The van der Waals surface area contributed by atoms with E-state index in [1.54, 1.807) is 10.9 Å². The Hall–Kier alpha value is -3.62. The molecule has 4 rings (SSSR count). The van der Waals surface area contributed by atoms with Crippen LogP contribution < -0.4 is 5.32 Å². The molecule has 0 atom stereocenters. The van der Waals surface area contributed by atoms with E-state index in [1.807, 2.05) is 35.0 Å². The van der Waals surface area contributed by atoms with Gasteiger partial charge in [0, 0.05) is 24.2 Å². The molecule has 27 heavy (non-hydrogen) atoms. The van der Waals surface area contributed by atoms with Gasteiger partial charge in [0.05, 0.1) is 24.1 Å². The molecule has 0 saturated carbocycles. The number of pyridine rings is 1. The number of rotatable bonds is 4. The Balaban J connectivity index is 1.48. The van der Waals surface area contributed by atoms with Crippen molar-refractivity contribution in [2.45, 2.75) is 6.54 Å². The summed E-state index contributed by atoms with van der Waals surface area (Å²) in [5.74, 6) is -5.25. The molecule has 3 heterocycles. The fourth-order valence-electron chi connectivity index (χ4n) is 2.63. The number of nitrogens with zero attached hydrogens (tertiary/aromatic N) is 4. The molecular weight excluding hydrogens is 359 g/mol. The predicted octanol–water partition coefficient (Wildman–Crippen LogP) is 3.25. The van der Waals surface area contributed by atoms with E-state index in [1.165, 1.54) is 6.20 Å². The van der Waals surface area contributed by atoms with E-state index in [0.717, 1.165) is 11.3 Å². The number of amides is 1. The molecule has 1 aromatic carbocycles. The Bertz CT molecular complexity index is 1090. The van der Waals surface area contributed by atoms with Crippen LogP contribution in [0.3, 0.4) is 0 Å². The lowest BCUT2D eigenvalue weighted by atomic mass is 10.2. The maximum absolute atomic E-state index is 13.3. The van der Waals surface area contributed by atoms with Gasteiger partial charge < -0.3 is 9.72 Å². The summed E-state index contributed by atoms with van der Waals surface area (Å²) in [5, 5.41) is 6.58. The number of carbonyl (C=O) groups excluding carboxylic acids is 1. The number of hydrogen-bond acceptors (Lipinski definition) is 3. The zero-order chi connectivity index (χ0) is 19.0. The summed E-state index contributed by atoms with van der Waals surface area (Å²) in [6.45, 7) is 0.372. The summed E-state index contributed by atoms with van der Waals surface area (Å²) in [5.41, 5.74) is 1.56. The third-order valence-electron chi connectivity index (χ3n) is 3.87. The number of carbonyl (C=O) groups is 1. The van der Waals surface area contributed by atoms with Gasteiger partial charge in [0.1, 0.15) is 5.65 Å². The molecule has 3 aromatic heterocycles. The van der Waals surface area contributed by atoms with Crippen LogP contribution in [0.5, 0.6) is 0 Å². The lowest BCUT2D eigenvalue weighted by Crippen LogP contribution is -2.13. The smallest absolute Gasteiger partial charge is 0.255 e. The van der Waals surface area contributed by atoms with Crippen LogP contribution in [-0.2, 0) is 6.54 Å². The summed E-state index contributed by atoms with van der Waals surface area (Å²) in [4.78, 5) is 16.5. The number of halogens is 3. The quantitative estimate of drug-likeness (QED) is 0.560. The number of anilines is 1. The Morgan fingerprint density at radius 2 is 1.89 bits per heavy atom. The second kappa shape index (κ2) is 6.60. The Morgan fingerprint density at radius 3 is 2.63 bits per heavy atom. The molecule has 4 aromatic rings. The highest BCUT2D eigenvalue weighted by molar-refractivity contribution is 6.04. The van der Waals surface area contributed by atoms with Crippen LogP contribution in [-0.4, -0.2) is 25.1 Å². The first-order valence-corrected chi connectivity index (χ1v) is 7.90. The Morgan fingerprint density at radius 1 is 1.11 bits per heavy atom. The van der Waals surface area contributed by atoms with Crippen molar-refractivity contribution in [2.24, 2.45) is 0 Å². The summed E-state index contributed by atoms with van der Waals surface area (Å²) < 4.78 is 42.9. The molecule has 6 nitrogen and oxygen atoms in total. The van der Waals surface area contributed by atoms with Crippen molar-refractivity contribution in [2.75, 3.05) is 5.32 Å². The number of nitrogens with one attached hydrogen (secondary N) is 1. The van der Waals surface area contributed by atoms with Gasteiger partial charge in [-0.05, 0) is 24.3 Å². The van der Waals surface area contributed by atoms with Crippen LogP contribution in [0.2, 0.25) is 0 Å². The van der Waals surface area contributed by atoms with Gasteiger partial charge in [-0.15, -0.1) is 0 Å². The minimum atomic E-state index is -1.62. The Labute approximate surface area is 150 Å². The van der Waals surface area contributed by atoms with Crippen molar-refractivity contribution in [3.05, 3.63) is 83.8 Å². The van der Waals surface area contributed by atoms with Gasteiger partial charge in [0.15, 0.2) is 17.5 Å². The minimum Gasteiger partial charge on any atom is -0.319 e. The van der Waals surface area contributed by atoms with E-state index in [2.05, 4.69) is 15.4 Å². The zero-order valence-electron chi connectivity index (χ0n) is 13.7. The Kier molecular flexibility index (Phi) is 4.11. The van der Waals surface area contributed by atoms with E-state index in [4.69, 9.17) is 0 Å². The van der Waals surface area contributed by atoms with Crippen molar-refractivity contribution in [1.29, 1.82) is 0 Å². The molecule has 9 heteroatoms. The maximum Gasteiger partial charge on any atom is 0.255 e. The molecule has 0 saturated heterocycles. The molecule has 0 spiro atoms. The molecule has 0 aliphatic rings. The molecule has 0 radical (unpaired) electrons. The zero-order valence-corrected chi connectivity index (χ0v) is 13.7. The molecular formula is C18H12F3N5O. The normalized spacial score (nSPS) is 11.1.